The van der Waals surface area contributed by atoms with Crippen LogP contribution >= 0.6 is 0 Å². The van der Waals surface area contributed by atoms with Crippen LogP contribution in [0.5, 0.6) is 0 Å². The number of allylic oxidation sites excluding steroid dienone is 1. The van der Waals surface area contributed by atoms with Gasteiger partial charge < -0.3 is 9.15 Å². The van der Waals surface area contributed by atoms with Crippen molar-refractivity contribution in [3.8, 4) is 6.07 Å². The first-order chi connectivity index (χ1) is 12.9. The number of benzene rings is 1. The SMILES string of the molecule is CCOC(=O)C1=C(C)N=C(C)C(C#N)C1c1cccc2c(=O)cc(C)oc12. The van der Waals surface area contributed by atoms with Crippen LogP contribution in [0.15, 0.2) is 49.7 Å². The van der Waals surface area contributed by atoms with Gasteiger partial charge in [0.2, 0.25) is 0 Å². The standard InChI is InChI=1S/C21H20N2O4/c1-5-26-21(25)18-13(4)23-12(3)16(10-22)19(18)15-8-6-7-14-17(24)9-11(2)27-20(14)15/h6-9,16,19H,5H2,1-4H3. The van der Waals surface area contributed by atoms with Crippen LogP contribution in [0.25, 0.3) is 11.0 Å². The average Bonchev–Trinajstić information content (AvgIpc) is 2.60. The number of fused-ring (bicyclic) bond motifs is 1. The maximum Gasteiger partial charge on any atom is 0.336 e. The smallest absolute Gasteiger partial charge is 0.336 e. The molecule has 0 spiro atoms. The number of rotatable bonds is 3. The molecule has 2 aromatic rings. The fourth-order valence-electron chi connectivity index (χ4n) is 3.57. The van der Waals surface area contributed by atoms with Gasteiger partial charge in [0.25, 0.3) is 0 Å². The Morgan fingerprint density at radius 3 is 2.74 bits per heavy atom. The van der Waals surface area contributed by atoms with Gasteiger partial charge in [-0.05, 0) is 33.8 Å². The van der Waals surface area contributed by atoms with Crippen LogP contribution in [0, 0.1) is 24.2 Å². The van der Waals surface area contributed by atoms with Gasteiger partial charge in [0.05, 0.1) is 29.6 Å². The Hall–Kier alpha value is -3.20. The number of nitriles is 1. The second-order valence-corrected chi connectivity index (χ2v) is 6.50. The van der Waals surface area contributed by atoms with Crippen molar-refractivity contribution in [1.29, 1.82) is 5.26 Å². The molecule has 1 aliphatic heterocycles. The van der Waals surface area contributed by atoms with Crippen LogP contribution in [-0.2, 0) is 9.53 Å². The molecule has 0 amide bonds. The maximum absolute atomic E-state index is 12.7. The summed E-state index contributed by atoms with van der Waals surface area (Å²) in [6.45, 7) is 7.12. The van der Waals surface area contributed by atoms with Crippen molar-refractivity contribution in [1.82, 2.24) is 0 Å². The van der Waals surface area contributed by atoms with E-state index in [-0.39, 0.29) is 12.0 Å². The van der Waals surface area contributed by atoms with Crippen molar-refractivity contribution in [3.05, 3.63) is 57.1 Å². The lowest BCUT2D eigenvalue weighted by molar-refractivity contribution is -0.139. The molecule has 27 heavy (non-hydrogen) atoms. The molecule has 3 rings (SSSR count). The van der Waals surface area contributed by atoms with Crippen LogP contribution in [0.1, 0.15) is 38.0 Å². The highest BCUT2D eigenvalue weighted by Gasteiger charge is 2.39. The normalized spacial score (nSPS) is 19.6. The summed E-state index contributed by atoms with van der Waals surface area (Å²) < 4.78 is 11.1. The number of ether oxygens (including phenoxy) is 1. The number of para-hydroxylation sites is 1. The van der Waals surface area contributed by atoms with Crippen molar-refractivity contribution in [3.63, 3.8) is 0 Å². The molecule has 2 atom stereocenters. The van der Waals surface area contributed by atoms with E-state index in [1.165, 1.54) is 6.07 Å². The average molecular weight is 364 g/mol. The van der Waals surface area contributed by atoms with E-state index in [4.69, 9.17) is 9.15 Å². The largest absolute Gasteiger partial charge is 0.463 e. The molecule has 0 saturated heterocycles. The second kappa shape index (κ2) is 7.20. The Bertz CT molecular complexity index is 1090. The Balaban J connectivity index is 2.34. The third-order valence-electron chi connectivity index (χ3n) is 4.71. The monoisotopic (exact) mass is 364 g/mol. The summed E-state index contributed by atoms with van der Waals surface area (Å²) >= 11 is 0. The molecule has 1 aliphatic rings. The Kier molecular flexibility index (Phi) is 4.95. The van der Waals surface area contributed by atoms with E-state index in [0.29, 0.717) is 39.3 Å². The summed E-state index contributed by atoms with van der Waals surface area (Å²) in [6, 6.07) is 8.87. The molecule has 138 valence electrons. The predicted octanol–water partition coefficient (Wildman–Crippen LogP) is 3.64. The molecule has 1 aromatic carbocycles. The van der Waals surface area contributed by atoms with E-state index in [1.807, 2.05) is 0 Å². The summed E-state index contributed by atoms with van der Waals surface area (Å²) in [6.07, 6.45) is 0. The highest BCUT2D eigenvalue weighted by Crippen LogP contribution is 2.41. The van der Waals surface area contributed by atoms with Crippen molar-refractivity contribution in [2.45, 2.75) is 33.6 Å². The lowest BCUT2D eigenvalue weighted by Crippen LogP contribution is -2.29. The first-order valence-electron chi connectivity index (χ1n) is 8.75. The molecule has 2 heterocycles. The van der Waals surface area contributed by atoms with E-state index in [9.17, 15) is 14.9 Å². The zero-order valence-electron chi connectivity index (χ0n) is 15.7. The van der Waals surface area contributed by atoms with Crippen molar-refractivity contribution in [2.24, 2.45) is 10.9 Å². The summed E-state index contributed by atoms with van der Waals surface area (Å²) in [5.41, 5.74) is 2.28. The van der Waals surface area contributed by atoms with Crippen LogP contribution < -0.4 is 5.43 Å². The third kappa shape index (κ3) is 3.17. The number of hydrogen-bond donors (Lipinski definition) is 0. The summed E-state index contributed by atoms with van der Waals surface area (Å²) in [4.78, 5) is 29.5. The van der Waals surface area contributed by atoms with E-state index in [0.717, 1.165) is 0 Å². The zero-order chi connectivity index (χ0) is 19.7. The number of carbonyl (C=O) groups is 1. The van der Waals surface area contributed by atoms with E-state index >= 15 is 0 Å². The van der Waals surface area contributed by atoms with Crippen LogP contribution in [0.4, 0.5) is 0 Å². The number of aryl methyl sites for hydroxylation is 1. The van der Waals surface area contributed by atoms with Gasteiger partial charge in [-0.1, -0.05) is 12.1 Å². The Morgan fingerprint density at radius 1 is 1.33 bits per heavy atom. The van der Waals surface area contributed by atoms with Gasteiger partial charge in [-0.3, -0.25) is 9.79 Å². The Morgan fingerprint density at radius 2 is 2.07 bits per heavy atom. The number of esters is 1. The molecule has 0 aliphatic carbocycles. The molecule has 0 fully saturated rings. The van der Waals surface area contributed by atoms with Gasteiger partial charge in [0.15, 0.2) is 5.43 Å². The lowest BCUT2D eigenvalue weighted by atomic mass is 9.76. The minimum absolute atomic E-state index is 0.163. The maximum atomic E-state index is 12.7. The van der Waals surface area contributed by atoms with Crippen molar-refractivity contribution < 1.29 is 13.9 Å². The second-order valence-electron chi connectivity index (χ2n) is 6.50. The quantitative estimate of drug-likeness (QED) is 0.775. The minimum Gasteiger partial charge on any atom is -0.463 e. The highest BCUT2D eigenvalue weighted by molar-refractivity contribution is 5.99. The first kappa shape index (κ1) is 18.6. The topological polar surface area (TPSA) is 92.7 Å². The number of aliphatic imine (C=N–C) groups is 1. The van der Waals surface area contributed by atoms with Crippen molar-refractivity contribution in [2.75, 3.05) is 6.61 Å². The molecule has 6 nitrogen and oxygen atoms in total. The highest BCUT2D eigenvalue weighted by atomic mass is 16.5. The third-order valence-corrected chi connectivity index (χ3v) is 4.71. The summed E-state index contributed by atoms with van der Waals surface area (Å²) in [5.74, 6) is -1.33. The van der Waals surface area contributed by atoms with E-state index < -0.39 is 17.8 Å². The molecule has 0 bridgehead atoms. The number of nitrogens with zero attached hydrogens (tertiary/aromatic N) is 2. The van der Waals surface area contributed by atoms with E-state index in [2.05, 4.69) is 11.1 Å². The molecule has 0 N–H and O–H groups in total. The molecule has 0 saturated carbocycles. The molecular formula is C21H20N2O4. The minimum atomic E-state index is -0.662. The number of carbonyl (C=O) groups excluding carboxylic acids is 1. The van der Waals surface area contributed by atoms with Gasteiger partial charge in [-0.2, -0.15) is 5.26 Å². The van der Waals surface area contributed by atoms with Crippen LogP contribution in [0.2, 0.25) is 0 Å². The number of hydrogen-bond acceptors (Lipinski definition) is 6. The van der Waals surface area contributed by atoms with Gasteiger partial charge in [-0.25, -0.2) is 4.79 Å². The Labute approximate surface area is 156 Å². The molecule has 1 aromatic heterocycles. The van der Waals surface area contributed by atoms with E-state index in [1.54, 1.807) is 45.9 Å². The van der Waals surface area contributed by atoms with Gasteiger partial charge in [-0.15, -0.1) is 0 Å². The van der Waals surface area contributed by atoms with Gasteiger partial charge in [0, 0.05) is 29.0 Å². The van der Waals surface area contributed by atoms with Crippen molar-refractivity contribution >= 4 is 22.7 Å². The fraction of sp³-hybridized carbons (Fsp3) is 0.333. The molecule has 6 heteroatoms. The summed E-state index contributed by atoms with van der Waals surface area (Å²) in [5, 5.41) is 10.2. The van der Waals surface area contributed by atoms with Gasteiger partial charge >= 0.3 is 5.97 Å². The lowest BCUT2D eigenvalue weighted by Gasteiger charge is -2.29. The predicted molar refractivity (Wildman–Crippen MR) is 102 cm³/mol. The van der Waals surface area contributed by atoms with Crippen LogP contribution in [0.3, 0.4) is 0 Å². The van der Waals surface area contributed by atoms with Crippen LogP contribution in [-0.4, -0.2) is 18.3 Å². The van der Waals surface area contributed by atoms with Gasteiger partial charge in [0.1, 0.15) is 11.3 Å². The molecular weight excluding hydrogens is 344 g/mol. The summed E-state index contributed by atoms with van der Waals surface area (Å²) in [7, 11) is 0. The first-order valence-corrected chi connectivity index (χ1v) is 8.75. The molecule has 2 unspecified atom stereocenters. The fourth-order valence-corrected chi connectivity index (χ4v) is 3.57. The zero-order valence-corrected chi connectivity index (χ0v) is 15.7. The molecule has 0 radical (unpaired) electrons.